The average molecular weight is 262 g/mol. The van der Waals surface area contributed by atoms with Crippen LogP contribution in [0.5, 0.6) is 0 Å². The molecule has 0 saturated carbocycles. The fraction of sp³-hybridized carbons (Fsp3) is 0.647. The number of unbranched alkanes of at least 4 members (excludes halogenated alkanes) is 4. The molecule has 0 aliphatic rings. The van der Waals surface area contributed by atoms with Crippen LogP contribution in [0.2, 0.25) is 0 Å². The van der Waals surface area contributed by atoms with Crippen molar-refractivity contribution < 1.29 is 0 Å². The lowest BCUT2D eigenvalue weighted by Crippen LogP contribution is -2.42. The molecular weight excluding hydrogens is 232 g/mol. The van der Waals surface area contributed by atoms with Crippen LogP contribution in [-0.4, -0.2) is 12.1 Å². The van der Waals surface area contributed by atoms with Crippen LogP contribution in [0.4, 0.5) is 5.69 Å². The van der Waals surface area contributed by atoms with Crippen LogP contribution in [0.25, 0.3) is 0 Å². The van der Waals surface area contributed by atoms with Crippen LogP contribution in [-0.2, 0) is 0 Å². The summed E-state index contributed by atoms with van der Waals surface area (Å²) >= 11 is 0. The summed E-state index contributed by atoms with van der Waals surface area (Å²) in [6, 6.07) is 8.43. The molecule has 0 aliphatic heterocycles. The van der Waals surface area contributed by atoms with E-state index in [1.165, 1.54) is 43.4 Å². The quantitative estimate of drug-likeness (QED) is 0.644. The minimum absolute atomic E-state index is 0.0122. The Bertz CT molecular complexity index is 362. The van der Waals surface area contributed by atoms with E-state index in [0.717, 1.165) is 6.42 Å². The Morgan fingerprint density at radius 2 is 1.79 bits per heavy atom. The van der Waals surface area contributed by atoms with Crippen molar-refractivity contribution in [1.29, 1.82) is 0 Å². The van der Waals surface area contributed by atoms with Gasteiger partial charge in [0.15, 0.2) is 0 Å². The lowest BCUT2D eigenvalue weighted by atomic mass is 9.93. The summed E-state index contributed by atoms with van der Waals surface area (Å²) in [4.78, 5) is 0. The van der Waals surface area contributed by atoms with Gasteiger partial charge in [-0.1, -0.05) is 57.2 Å². The van der Waals surface area contributed by atoms with E-state index in [0.29, 0.717) is 6.54 Å². The number of rotatable bonds is 9. The number of aryl methyl sites for hydroxylation is 1. The van der Waals surface area contributed by atoms with E-state index in [4.69, 9.17) is 5.73 Å². The molecule has 0 fully saturated rings. The van der Waals surface area contributed by atoms with E-state index in [1.807, 2.05) is 0 Å². The Hall–Kier alpha value is -1.02. The summed E-state index contributed by atoms with van der Waals surface area (Å²) in [5.74, 6) is 0. The molecule has 0 aliphatic carbocycles. The first-order valence-corrected chi connectivity index (χ1v) is 7.65. The van der Waals surface area contributed by atoms with Gasteiger partial charge in [0.05, 0.1) is 0 Å². The molecule has 0 amide bonds. The van der Waals surface area contributed by atoms with Crippen molar-refractivity contribution in [2.24, 2.45) is 5.73 Å². The predicted octanol–water partition coefficient (Wildman–Crippen LogP) is 4.48. The van der Waals surface area contributed by atoms with Gasteiger partial charge >= 0.3 is 0 Å². The maximum Gasteiger partial charge on any atom is 0.0467 e. The Kier molecular flexibility index (Phi) is 6.93. The van der Waals surface area contributed by atoms with E-state index >= 15 is 0 Å². The van der Waals surface area contributed by atoms with Gasteiger partial charge in [-0.25, -0.2) is 0 Å². The average Bonchev–Trinajstić information content (AvgIpc) is 2.41. The topological polar surface area (TPSA) is 38.0 Å². The molecule has 19 heavy (non-hydrogen) atoms. The largest absolute Gasteiger partial charge is 0.378 e. The Morgan fingerprint density at radius 1 is 1.11 bits per heavy atom. The van der Waals surface area contributed by atoms with E-state index < -0.39 is 0 Å². The molecule has 1 unspecified atom stereocenters. The van der Waals surface area contributed by atoms with E-state index in [9.17, 15) is 0 Å². The van der Waals surface area contributed by atoms with Crippen molar-refractivity contribution in [3.8, 4) is 0 Å². The van der Waals surface area contributed by atoms with Gasteiger partial charge in [-0.3, -0.25) is 0 Å². The zero-order chi connectivity index (χ0) is 14.1. The van der Waals surface area contributed by atoms with Crippen LogP contribution in [0.3, 0.4) is 0 Å². The number of anilines is 1. The van der Waals surface area contributed by atoms with Crippen LogP contribution in [0, 0.1) is 6.92 Å². The van der Waals surface area contributed by atoms with Gasteiger partial charge in [-0.15, -0.1) is 0 Å². The summed E-state index contributed by atoms with van der Waals surface area (Å²) in [7, 11) is 0. The van der Waals surface area contributed by atoms with Gasteiger partial charge < -0.3 is 11.1 Å². The fourth-order valence-corrected chi connectivity index (χ4v) is 2.37. The summed E-state index contributed by atoms with van der Waals surface area (Å²) < 4.78 is 0. The van der Waals surface area contributed by atoms with Crippen molar-refractivity contribution in [2.75, 3.05) is 11.9 Å². The van der Waals surface area contributed by atoms with Crippen molar-refractivity contribution >= 4 is 5.69 Å². The highest BCUT2D eigenvalue weighted by atomic mass is 15.0. The third kappa shape index (κ3) is 5.65. The maximum atomic E-state index is 5.98. The van der Waals surface area contributed by atoms with E-state index in [1.54, 1.807) is 0 Å². The van der Waals surface area contributed by atoms with Crippen LogP contribution in [0.1, 0.15) is 57.9 Å². The zero-order valence-corrected chi connectivity index (χ0v) is 12.8. The number of nitrogens with one attached hydrogen (secondary N) is 1. The number of benzene rings is 1. The van der Waals surface area contributed by atoms with Crippen molar-refractivity contribution in [2.45, 2.75) is 64.8 Å². The lowest BCUT2D eigenvalue weighted by molar-refractivity contribution is 0.448. The first kappa shape index (κ1) is 16.0. The predicted molar refractivity (Wildman–Crippen MR) is 85.6 cm³/mol. The van der Waals surface area contributed by atoms with Crippen molar-refractivity contribution in [3.63, 3.8) is 0 Å². The molecule has 1 aromatic carbocycles. The fourth-order valence-electron chi connectivity index (χ4n) is 2.37. The molecule has 0 radical (unpaired) electrons. The molecule has 2 heteroatoms. The molecule has 0 saturated heterocycles. The van der Waals surface area contributed by atoms with Gasteiger partial charge in [0.1, 0.15) is 0 Å². The normalized spacial score (nSPS) is 14.1. The molecule has 0 aromatic heterocycles. The minimum Gasteiger partial charge on any atom is -0.378 e. The van der Waals surface area contributed by atoms with Gasteiger partial charge in [0, 0.05) is 17.8 Å². The highest BCUT2D eigenvalue weighted by Gasteiger charge is 2.21. The van der Waals surface area contributed by atoms with Gasteiger partial charge in [-0.05, 0) is 31.9 Å². The van der Waals surface area contributed by atoms with Gasteiger partial charge in [0.25, 0.3) is 0 Å². The first-order chi connectivity index (χ1) is 9.11. The Morgan fingerprint density at radius 3 is 2.42 bits per heavy atom. The second kappa shape index (κ2) is 8.21. The summed E-state index contributed by atoms with van der Waals surface area (Å²) in [5.41, 5.74) is 8.49. The third-order valence-electron chi connectivity index (χ3n) is 3.86. The molecule has 1 rings (SSSR count). The van der Waals surface area contributed by atoms with Crippen LogP contribution < -0.4 is 11.1 Å². The minimum atomic E-state index is 0.0122. The first-order valence-electron chi connectivity index (χ1n) is 7.65. The summed E-state index contributed by atoms with van der Waals surface area (Å²) in [6.07, 6.45) is 7.72. The van der Waals surface area contributed by atoms with Crippen LogP contribution >= 0.6 is 0 Å². The monoisotopic (exact) mass is 262 g/mol. The maximum absolute atomic E-state index is 5.98. The number of hydrogen-bond donors (Lipinski definition) is 2. The molecule has 108 valence electrons. The second-order valence-electron chi connectivity index (χ2n) is 5.87. The second-order valence-corrected chi connectivity index (χ2v) is 5.87. The summed E-state index contributed by atoms with van der Waals surface area (Å²) in [5, 5.41) is 3.64. The van der Waals surface area contributed by atoms with Crippen LogP contribution in [0.15, 0.2) is 24.3 Å². The van der Waals surface area contributed by atoms with Gasteiger partial charge in [0.2, 0.25) is 0 Å². The smallest absolute Gasteiger partial charge is 0.0467 e. The lowest BCUT2D eigenvalue weighted by Gasteiger charge is -2.31. The molecule has 0 spiro atoms. The zero-order valence-electron chi connectivity index (χ0n) is 12.8. The third-order valence-corrected chi connectivity index (χ3v) is 3.86. The van der Waals surface area contributed by atoms with Crippen molar-refractivity contribution in [3.05, 3.63) is 29.8 Å². The SMILES string of the molecule is CCCCCCCC(C)(CN)Nc1ccccc1C. The van der Waals surface area contributed by atoms with E-state index in [2.05, 4.69) is 50.4 Å². The van der Waals surface area contributed by atoms with E-state index in [-0.39, 0.29) is 5.54 Å². The summed E-state index contributed by atoms with van der Waals surface area (Å²) in [6.45, 7) is 7.30. The molecule has 1 aromatic rings. The highest BCUT2D eigenvalue weighted by molar-refractivity contribution is 5.52. The number of hydrogen-bond acceptors (Lipinski definition) is 2. The number of nitrogens with two attached hydrogens (primary N) is 1. The van der Waals surface area contributed by atoms with Crippen molar-refractivity contribution in [1.82, 2.24) is 0 Å². The highest BCUT2D eigenvalue weighted by Crippen LogP contribution is 2.23. The Balaban J connectivity index is 2.48. The molecule has 0 bridgehead atoms. The molecule has 0 heterocycles. The van der Waals surface area contributed by atoms with Gasteiger partial charge in [-0.2, -0.15) is 0 Å². The number of para-hydroxylation sites is 1. The molecule has 3 N–H and O–H groups in total. The molecule has 2 nitrogen and oxygen atoms in total. The molecule has 1 atom stereocenters. The standard InChI is InChI=1S/C17H30N2/c1-4-5-6-7-10-13-17(3,14-18)19-16-12-9-8-11-15(16)2/h8-9,11-12,19H,4-7,10,13-14,18H2,1-3H3. The Labute approximate surface area is 118 Å². The molecular formula is C17H30N2.